The maximum absolute atomic E-state index is 11.8. The van der Waals surface area contributed by atoms with Crippen LogP contribution in [0, 0.1) is 12.3 Å². The molecule has 0 radical (unpaired) electrons. The van der Waals surface area contributed by atoms with Gasteiger partial charge in [0, 0.05) is 18.3 Å². The second-order valence-electron chi connectivity index (χ2n) is 4.83. The first-order valence-electron chi connectivity index (χ1n) is 7.34. The lowest BCUT2D eigenvalue weighted by molar-refractivity contribution is -0.121. The number of terminal acetylenes is 1. The SMILES string of the molecule is C#CCNC(=O)CCNC(=O)Cc1csc(NC(=O)c2ccco2)n1. The Morgan fingerprint density at radius 2 is 2.12 bits per heavy atom. The lowest BCUT2D eigenvalue weighted by atomic mass is 10.3. The van der Waals surface area contributed by atoms with Crippen molar-refractivity contribution in [1.82, 2.24) is 15.6 Å². The van der Waals surface area contributed by atoms with E-state index in [2.05, 4.69) is 26.9 Å². The van der Waals surface area contributed by atoms with Crippen molar-refractivity contribution >= 4 is 34.2 Å². The molecule has 0 atom stereocenters. The molecule has 2 aromatic heterocycles. The molecule has 9 heteroatoms. The third-order valence-corrected chi connectivity index (χ3v) is 3.73. The Kier molecular flexibility index (Phi) is 6.74. The number of carbonyl (C=O) groups excluding carboxylic acids is 3. The van der Waals surface area contributed by atoms with Gasteiger partial charge in [0.1, 0.15) is 0 Å². The van der Waals surface area contributed by atoms with E-state index >= 15 is 0 Å². The topological polar surface area (TPSA) is 113 Å². The zero-order valence-corrected chi connectivity index (χ0v) is 14.0. The first-order valence-corrected chi connectivity index (χ1v) is 8.22. The number of carbonyl (C=O) groups is 3. The maximum atomic E-state index is 11.8. The third kappa shape index (κ3) is 6.12. The Morgan fingerprint density at radius 3 is 2.84 bits per heavy atom. The average Bonchev–Trinajstić information content (AvgIpc) is 3.25. The minimum atomic E-state index is -0.409. The van der Waals surface area contributed by atoms with Crippen molar-refractivity contribution in [2.24, 2.45) is 0 Å². The van der Waals surface area contributed by atoms with E-state index in [1.807, 2.05) is 0 Å². The van der Waals surface area contributed by atoms with Gasteiger partial charge in [-0.2, -0.15) is 0 Å². The first-order chi connectivity index (χ1) is 12.1. The summed E-state index contributed by atoms with van der Waals surface area (Å²) in [6.45, 7) is 0.375. The first kappa shape index (κ1) is 18.2. The Labute approximate surface area is 148 Å². The summed E-state index contributed by atoms with van der Waals surface area (Å²) in [6.07, 6.45) is 6.63. The molecule has 0 bridgehead atoms. The molecule has 2 heterocycles. The van der Waals surface area contributed by atoms with Crippen molar-refractivity contribution in [3.05, 3.63) is 35.2 Å². The van der Waals surface area contributed by atoms with Gasteiger partial charge in [-0.3, -0.25) is 19.7 Å². The number of thiazole rings is 1. The van der Waals surface area contributed by atoms with E-state index in [9.17, 15) is 14.4 Å². The van der Waals surface area contributed by atoms with Gasteiger partial charge >= 0.3 is 0 Å². The number of amides is 3. The summed E-state index contributed by atoms with van der Waals surface area (Å²) >= 11 is 1.21. The lowest BCUT2D eigenvalue weighted by Crippen LogP contribution is -2.31. The zero-order valence-electron chi connectivity index (χ0n) is 13.2. The summed E-state index contributed by atoms with van der Waals surface area (Å²) < 4.78 is 4.98. The van der Waals surface area contributed by atoms with E-state index in [0.29, 0.717) is 10.8 Å². The number of aromatic nitrogens is 1. The van der Waals surface area contributed by atoms with Crippen molar-refractivity contribution in [2.45, 2.75) is 12.8 Å². The van der Waals surface area contributed by atoms with Crippen LogP contribution in [-0.4, -0.2) is 35.8 Å². The van der Waals surface area contributed by atoms with Crippen molar-refractivity contribution in [1.29, 1.82) is 0 Å². The number of hydrogen-bond acceptors (Lipinski definition) is 6. The normalized spacial score (nSPS) is 9.88. The molecule has 0 unspecified atom stereocenters. The van der Waals surface area contributed by atoms with Crippen molar-refractivity contribution in [2.75, 3.05) is 18.4 Å². The van der Waals surface area contributed by atoms with Crippen LogP contribution in [0.15, 0.2) is 28.2 Å². The fourth-order valence-electron chi connectivity index (χ4n) is 1.79. The van der Waals surface area contributed by atoms with Gasteiger partial charge in [0.25, 0.3) is 5.91 Å². The molecule has 2 rings (SSSR count). The summed E-state index contributed by atoms with van der Waals surface area (Å²) in [6, 6.07) is 3.15. The van der Waals surface area contributed by atoms with Gasteiger partial charge in [-0.05, 0) is 12.1 Å². The van der Waals surface area contributed by atoms with Crippen LogP contribution in [0.3, 0.4) is 0 Å². The highest BCUT2D eigenvalue weighted by atomic mass is 32.1. The summed E-state index contributed by atoms with van der Waals surface area (Å²) in [5.74, 6) is 1.57. The maximum Gasteiger partial charge on any atom is 0.293 e. The molecule has 0 aliphatic carbocycles. The van der Waals surface area contributed by atoms with Crippen molar-refractivity contribution in [3.8, 4) is 12.3 Å². The smallest absolute Gasteiger partial charge is 0.293 e. The molecule has 3 amide bonds. The molecule has 0 aliphatic rings. The molecule has 3 N–H and O–H groups in total. The Hall–Kier alpha value is -3.12. The second-order valence-corrected chi connectivity index (χ2v) is 5.69. The van der Waals surface area contributed by atoms with E-state index in [1.54, 1.807) is 11.4 Å². The molecule has 8 nitrogen and oxygen atoms in total. The molecular formula is C16H16N4O4S. The van der Waals surface area contributed by atoms with Gasteiger partial charge in [-0.1, -0.05) is 5.92 Å². The van der Waals surface area contributed by atoms with Crippen LogP contribution in [0.2, 0.25) is 0 Å². The molecule has 0 fully saturated rings. The fraction of sp³-hybridized carbons (Fsp3) is 0.250. The van der Waals surface area contributed by atoms with Crippen LogP contribution in [0.1, 0.15) is 22.7 Å². The predicted molar refractivity (Wildman–Crippen MR) is 91.9 cm³/mol. The van der Waals surface area contributed by atoms with Gasteiger partial charge in [0.15, 0.2) is 10.9 Å². The average molecular weight is 360 g/mol. The van der Waals surface area contributed by atoms with Gasteiger partial charge in [-0.25, -0.2) is 4.98 Å². The zero-order chi connectivity index (χ0) is 18.1. The number of rotatable bonds is 8. The molecule has 0 saturated heterocycles. The van der Waals surface area contributed by atoms with Crippen molar-refractivity contribution < 1.29 is 18.8 Å². The number of nitrogens with one attached hydrogen (secondary N) is 3. The minimum Gasteiger partial charge on any atom is -0.459 e. The lowest BCUT2D eigenvalue weighted by Gasteiger charge is -2.04. The van der Waals surface area contributed by atoms with E-state index in [0.717, 1.165) is 0 Å². The van der Waals surface area contributed by atoms with Gasteiger partial charge < -0.3 is 15.1 Å². The summed E-state index contributed by atoms with van der Waals surface area (Å²) in [5.41, 5.74) is 0.522. The van der Waals surface area contributed by atoms with E-state index in [4.69, 9.17) is 10.8 Å². The van der Waals surface area contributed by atoms with E-state index < -0.39 is 5.91 Å². The van der Waals surface area contributed by atoms with Crippen LogP contribution in [0.4, 0.5) is 5.13 Å². The standard InChI is InChI=1S/C16H16N4O4S/c1-2-6-17-13(21)5-7-18-14(22)9-11-10-25-16(19-11)20-15(23)12-4-3-8-24-12/h1,3-4,8,10H,5-7,9H2,(H,17,21)(H,18,22)(H,19,20,23). The third-order valence-electron chi connectivity index (χ3n) is 2.92. The Balaban J connectivity index is 1.73. The molecule has 2 aromatic rings. The monoisotopic (exact) mass is 360 g/mol. The molecule has 0 saturated carbocycles. The summed E-state index contributed by atoms with van der Waals surface area (Å²) in [7, 11) is 0. The van der Waals surface area contributed by atoms with Crippen molar-refractivity contribution in [3.63, 3.8) is 0 Å². The molecular weight excluding hydrogens is 344 g/mol. The number of furan rings is 1. The number of anilines is 1. The highest BCUT2D eigenvalue weighted by Crippen LogP contribution is 2.17. The molecule has 0 aromatic carbocycles. The molecule has 0 spiro atoms. The van der Waals surface area contributed by atoms with E-state index in [-0.39, 0.29) is 43.5 Å². The van der Waals surface area contributed by atoms with Crippen LogP contribution in [0.5, 0.6) is 0 Å². The van der Waals surface area contributed by atoms with Crippen LogP contribution >= 0.6 is 11.3 Å². The highest BCUT2D eigenvalue weighted by Gasteiger charge is 2.13. The van der Waals surface area contributed by atoms with Crippen LogP contribution < -0.4 is 16.0 Å². The van der Waals surface area contributed by atoms with E-state index in [1.165, 1.54) is 23.7 Å². The van der Waals surface area contributed by atoms with Gasteiger partial charge in [0.2, 0.25) is 11.8 Å². The number of nitrogens with zero attached hydrogens (tertiary/aromatic N) is 1. The second kappa shape index (κ2) is 9.24. The summed E-state index contributed by atoms with van der Waals surface area (Å²) in [4.78, 5) is 39.1. The van der Waals surface area contributed by atoms with Gasteiger partial charge in [-0.15, -0.1) is 17.8 Å². The molecule has 0 aliphatic heterocycles. The summed E-state index contributed by atoms with van der Waals surface area (Å²) in [5, 5.41) is 9.77. The fourth-order valence-corrected chi connectivity index (χ4v) is 2.50. The Morgan fingerprint density at radius 1 is 1.28 bits per heavy atom. The molecule has 25 heavy (non-hydrogen) atoms. The Bertz CT molecular complexity index is 776. The largest absolute Gasteiger partial charge is 0.459 e. The predicted octanol–water partition coefficient (Wildman–Crippen LogP) is 0.787. The van der Waals surface area contributed by atoms with Crippen LogP contribution in [0.25, 0.3) is 0 Å². The van der Waals surface area contributed by atoms with Gasteiger partial charge in [0.05, 0.1) is 24.9 Å². The minimum absolute atomic E-state index is 0.0547. The number of hydrogen-bond donors (Lipinski definition) is 3. The highest BCUT2D eigenvalue weighted by molar-refractivity contribution is 7.14. The quantitative estimate of drug-likeness (QED) is 0.602. The van der Waals surface area contributed by atoms with Crippen LogP contribution in [-0.2, 0) is 16.0 Å². The molecule has 130 valence electrons.